The van der Waals surface area contributed by atoms with Crippen LogP contribution in [0.15, 0.2) is 249 Å². The second-order valence-corrected chi connectivity index (χ2v) is 15.1. The van der Waals surface area contributed by atoms with Crippen molar-refractivity contribution in [2.75, 3.05) is 4.90 Å². The van der Waals surface area contributed by atoms with Gasteiger partial charge in [0, 0.05) is 17.1 Å². The Morgan fingerprint density at radius 2 is 0.689 bits per heavy atom. The first kappa shape index (κ1) is 28.4. The number of benzene rings is 11. The minimum Gasteiger partial charge on any atom is -0.311 e. The van der Waals surface area contributed by atoms with Crippen molar-refractivity contribution in [3.05, 3.63) is 249 Å². The summed E-state index contributed by atoms with van der Waals surface area (Å²) < 4.78 is 76.2. The molecule has 0 heterocycles. The van der Waals surface area contributed by atoms with Gasteiger partial charge in [0.15, 0.2) is 0 Å². The predicted molar refractivity (Wildman–Crippen MR) is 261 cm³/mol. The lowest BCUT2D eigenvalue weighted by molar-refractivity contribution is 1.28. The molecule has 0 saturated heterocycles. The minimum atomic E-state index is -0.396. The molecule has 0 bridgehead atoms. The van der Waals surface area contributed by atoms with Gasteiger partial charge in [-0.15, -0.1) is 0 Å². The van der Waals surface area contributed by atoms with E-state index < -0.39 is 24.2 Å². The Kier molecular flexibility index (Phi) is 7.29. The summed E-state index contributed by atoms with van der Waals surface area (Å²) in [6.07, 6.45) is 0. The molecule has 0 atom stereocenters. The minimum absolute atomic E-state index is 0.105. The first-order valence-corrected chi connectivity index (χ1v) is 20.3. The normalized spacial score (nSPS) is 13.1. The third-order valence-corrected chi connectivity index (χ3v) is 11.4. The van der Waals surface area contributed by atoms with E-state index in [-0.39, 0.29) is 46.7 Å². The highest BCUT2D eigenvalue weighted by Gasteiger charge is 2.15. The Morgan fingerprint density at radius 1 is 0.246 bits per heavy atom. The second-order valence-electron chi connectivity index (χ2n) is 15.1. The fourth-order valence-electron chi connectivity index (χ4n) is 8.27. The Balaban J connectivity index is 1.06. The number of hydrogen-bond donors (Lipinski definition) is 0. The average molecular weight is 784 g/mol. The van der Waals surface area contributed by atoms with E-state index >= 15 is 0 Å². The monoisotopic (exact) mass is 783 g/mol. The van der Waals surface area contributed by atoms with Crippen molar-refractivity contribution in [1.82, 2.24) is 0 Å². The van der Waals surface area contributed by atoms with Gasteiger partial charge in [-0.1, -0.05) is 200 Å². The van der Waals surface area contributed by atoms with Crippen LogP contribution in [0.3, 0.4) is 0 Å². The first-order chi connectivity index (χ1) is 33.6. The van der Waals surface area contributed by atoms with Gasteiger partial charge < -0.3 is 4.90 Å². The molecule has 61 heavy (non-hydrogen) atoms. The molecule has 11 aromatic rings. The van der Waals surface area contributed by atoms with Gasteiger partial charge in [0.25, 0.3) is 0 Å². The molecule has 11 aromatic carbocycles. The second kappa shape index (κ2) is 15.6. The predicted octanol–water partition coefficient (Wildman–Crippen LogP) is 17.0. The maximum atomic E-state index is 9.63. The molecule has 0 aliphatic rings. The summed E-state index contributed by atoms with van der Waals surface area (Å²) in [4.78, 5) is 1.36. The number of anilines is 3. The lowest BCUT2D eigenvalue weighted by Crippen LogP contribution is -2.09. The molecular weight excluding hydrogens is 735 g/mol. The van der Waals surface area contributed by atoms with Crippen molar-refractivity contribution in [2.45, 2.75) is 0 Å². The molecule has 0 spiro atoms. The molecule has 0 fully saturated rings. The highest BCUT2D eigenvalue weighted by molar-refractivity contribution is 6.08. The van der Waals surface area contributed by atoms with Crippen molar-refractivity contribution in [2.24, 2.45) is 0 Å². The Labute approximate surface area is 368 Å². The van der Waals surface area contributed by atoms with Crippen LogP contribution in [0.4, 0.5) is 17.1 Å². The molecule has 0 aromatic heterocycles. The van der Waals surface area contributed by atoms with Crippen LogP contribution in [-0.4, -0.2) is 0 Å². The highest BCUT2D eigenvalue weighted by atomic mass is 15.1. The van der Waals surface area contributed by atoms with Gasteiger partial charge in [0.05, 0.1) is 11.0 Å². The molecule has 11 rings (SSSR count). The molecule has 0 saturated carbocycles. The van der Waals surface area contributed by atoms with E-state index in [4.69, 9.17) is 0 Å². The summed E-state index contributed by atoms with van der Waals surface area (Å²) in [5.41, 5.74) is 7.01. The van der Waals surface area contributed by atoms with Crippen LogP contribution in [0.25, 0.3) is 88.0 Å². The van der Waals surface area contributed by atoms with Crippen molar-refractivity contribution >= 4 is 49.4 Å². The standard InChI is InChI=1S/C60H41N/c1-2-10-42(11-3-1)43-20-22-44(23-21-43)45-26-33-54(34-27-45)61(56-37-30-47(31-38-56)51-32-39-60-53(41-51)25-24-49-13-5-7-18-58(49)60)55-35-28-46(29-36-55)50-15-8-16-52(40-50)59-19-9-14-48-12-4-6-17-57(48)59/h1-41H/i26D,27D,30D,31D,33D,34D,37D,38D. The van der Waals surface area contributed by atoms with Crippen LogP contribution < -0.4 is 4.90 Å². The zero-order valence-electron chi connectivity index (χ0n) is 41.0. The van der Waals surface area contributed by atoms with E-state index in [9.17, 15) is 11.0 Å². The third kappa shape index (κ3) is 7.03. The molecule has 0 aliphatic heterocycles. The van der Waals surface area contributed by atoms with Gasteiger partial charge >= 0.3 is 0 Å². The molecule has 0 unspecified atom stereocenters. The van der Waals surface area contributed by atoms with Crippen LogP contribution >= 0.6 is 0 Å². The van der Waals surface area contributed by atoms with E-state index in [1.807, 2.05) is 133 Å². The summed E-state index contributed by atoms with van der Waals surface area (Å²) >= 11 is 0. The zero-order valence-corrected chi connectivity index (χ0v) is 33.0. The molecule has 286 valence electrons. The maximum Gasteiger partial charge on any atom is 0.0645 e. The van der Waals surface area contributed by atoms with E-state index in [0.29, 0.717) is 16.8 Å². The van der Waals surface area contributed by atoms with Gasteiger partial charge in [0.1, 0.15) is 0 Å². The molecular formula is C60H41N. The van der Waals surface area contributed by atoms with Gasteiger partial charge in [-0.3, -0.25) is 0 Å². The lowest BCUT2D eigenvalue weighted by Gasteiger charge is -2.26. The van der Waals surface area contributed by atoms with Gasteiger partial charge in [-0.2, -0.15) is 0 Å². The number of rotatable bonds is 8. The first-order valence-electron chi connectivity index (χ1n) is 24.3. The molecule has 1 nitrogen and oxygen atoms in total. The van der Waals surface area contributed by atoms with E-state index in [1.165, 1.54) is 4.90 Å². The SMILES string of the molecule is [2H]c1c([2H])c(N(c2ccc(-c3cccc(-c4cccc5ccccc45)c3)cc2)c2c([2H])c([2H])c(-c3ccc4c(ccc5ccccc54)c3)c([2H])c2[2H])c([2H])c([2H])c1-c1ccc(-c2ccccc2)cc1. The molecule has 0 N–H and O–H groups in total. The van der Waals surface area contributed by atoms with Crippen LogP contribution in [0, 0.1) is 0 Å². The van der Waals surface area contributed by atoms with Crippen LogP contribution in [-0.2, 0) is 0 Å². The third-order valence-electron chi connectivity index (χ3n) is 11.4. The Bertz CT molecular complexity index is 3750. The van der Waals surface area contributed by atoms with Crippen LogP contribution in [0.1, 0.15) is 11.0 Å². The summed E-state index contributed by atoms with van der Waals surface area (Å²) in [6, 6.07) is 62.1. The zero-order chi connectivity index (χ0) is 47.5. The number of nitrogens with zero attached hydrogens (tertiary/aromatic N) is 1. The summed E-state index contributed by atoms with van der Waals surface area (Å²) in [5, 5.41) is 6.30. The Morgan fingerprint density at radius 3 is 1.41 bits per heavy atom. The highest BCUT2D eigenvalue weighted by Crippen LogP contribution is 2.39. The Hall–Kier alpha value is -8.00. The summed E-state index contributed by atoms with van der Waals surface area (Å²) in [6.45, 7) is 0. The van der Waals surface area contributed by atoms with E-state index in [0.717, 1.165) is 65.7 Å². The molecule has 1 heteroatoms. The summed E-state index contributed by atoms with van der Waals surface area (Å²) in [5.74, 6) is 0. The van der Waals surface area contributed by atoms with Crippen LogP contribution in [0.2, 0.25) is 0 Å². The molecule has 0 radical (unpaired) electrons. The van der Waals surface area contributed by atoms with Crippen molar-refractivity contribution in [1.29, 1.82) is 0 Å². The van der Waals surface area contributed by atoms with Crippen molar-refractivity contribution < 1.29 is 11.0 Å². The quantitative estimate of drug-likeness (QED) is 0.139. The molecule has 0 aliphatic carbocycles. The van der Waals surface area contributed by atoms with Gasteiger partial charge in [-0.05, 0) is 136 Å². The maximum absolute atomic E-state index is 9.63. The van der Waals surface area contributed by atoms with E-state index in [2.05, 4.69) is 42.5 Å². The molecule has 0 amide bonds. The topological polar surface area (TPSA) is 3.24 Å². The largest absolute Gasteiger partial charge is 0.311 e. The fourth-order valence-corrected chi connectivity index (χ4v) is 8.27. The summed E-state index contributed by atoms with van der Waals surface area (Å²) in [7, 11) is 0. The fraction of sp³-hybridized carbons (Fsp3) is 0. The van der Waals surface area contributed by atoms with Gasteiger partial charge in [0.2, 0.25) is 0 Å². The lowest BCUT2D eigenvalue weighted by atomic mass is 9.95. The average Bonchev–Trinajstić information content (AvgIpc) is 3.39. The smallest absolute Gasteiger partial charge is 0.0645 e. The van der Waals surface area contributed by atoms with Crippen LogP contribution in [0.5, 0.6) is 0 Å². The van der Waals surface area contributed by atoms with Crippen molar-refractivity contribution in [3.8, 4) is 55.6 Å². The van der Waals surface area contributed by atoms with E-state index in [1.54, 1.807) is 24.3 Å². The number of fused-ring (bicyclic) bond motifs is 4. The number of hydrogen-bond acceptors (Lipinski definition) is 1. The van der Waals surface area contributed by atoms with Crippen molar-refractivity contribution in [3.63, 3.8) is 0 Å². The van der Waals surface area contributed by atoms with Gasteiger partial charge in [-0.25, -0.2) is 0 Å².